The minimum absolute atomic E-state index is 0.162. The third kappa shape index (κ3) is 4.53. The Morgan fingerprint density at radius 1 is 1.15 bits per heavy atom. The lowest BCUT2D eigenvalue weighted by atomic mass is 10.2. The van der Waals surface area contributed by atoms with E-state index in [1.807, 2.05) is 0 Å². The number of halogens is 4. The molecule has 0 aliphatic rings. The Kier molecular flexibility index (Phi) is 6.03. The summed E-state index contributed by atoms with van der Waals surface area (Å²) in [5.41, 5.74) is 0.371. The fourth-order valence-corrected chi connectivity index (χ4v) is 1.56. The maximum absolute atomic E-state index is 12.8. The van der Waals surface area contributed by atoms with Crippen LogP contribution in [0.2, 0.25) is 0 Å². The lowest BCUT2D eigenvalue weighted by molar-refractivity contribution is -0.253. The van der Waals surface area contributed by atoms with Gasteiger partial charge in [0.15, 0.2) is 0 Å². The number of ether oxygens (including phenoxy) is 1. The summed E-state index contributed by atoms with van der Waals surface area (Å²) in [5.74, 6) is -0.423. The standard InChI is InChI=1S/C12H15F4NO3/c13-11(14)12(15,16)20-10-3-1-2-9(8-10)17(4-6-18)5-7-19/h1-3,8,11,18-19H,4-7H2. The van der Waals surface area contributed by atoms with Gasteiger partial charge in [-0.15, -0.1) is 0 Å². The van der Waals surface area contributed by atoms with Crippen molar-refractivity contribution < 1.29 is 32.5 Å². The summed E-state index contributed by atoms with van der Waals surface area (Å²) in [6.07, 6.45) is -8.51. The molecule has 114 valence electrons. The minimum Gasteiger partial charge on any atom is -0.428 e. The van der Waals surface area contributed by atoms with Crippen molar-refractivity contribution in [2.24, 2.45) is 0 Å². The van der Waals surface area contributed by atoms with Crippen LogP contribution in [0.1, 0.15) is 0 Å². The Balaban J connectivity index is 2.89. The number of alkyl halides is 4. The van der Waals surface area contributed by atoms with Crippen molar-refractivity contribution in [2.45, 2.75) is 12.5 Å². The van der Waals surface area contributed by atoms with Crippen LogP contribution in [-0.2, 0) is 0 Å². The first-order valence-corrected chi connectivity index (χ1v) is 5.82. The topological polar surface area (TPSA) is 52.9 Å². The Morgan fingerprint density at radius 3 is 2.25 bits per heavy atom. The SMILES string of the molecule is OCCN(CCO)c1cccc(OC(F)(F)C(F)F)c1. The number of aliphatic hydroxyl groups excluding tert-OH is 2. The van der Waals surface area contributed by atoms with Gasteiger partial charge in [0, 0.05) is 24.8 Å². The molecule has 0 saturated carbocycles. The van der Waals surface area contributed by atoms with Crippen LogP contribution in [0.4, 0.5) is 23.2 Å². The van der Waals surface area contributed by atoms with Crippen LogP contribution < -0.4 is 9.64 Å². The average molecular weight is 297 g/mol. The van der Waals surface area contributed by atoms with Crippen LogP contribution in [0.3, 0.4) is 0 Å². The first kappa shape index (κ1) is 16.5. The van der Waals surface area contributed by atoms with Crippen LogP contribution >= 0.6 is 0 Å². The molecule has 1 aromatic rings. The first-order valence-electron chi connectivity index (χ1n) is 5.82. The quantitative estimate of drug-likeness (QED) is 0.717. The molecule has 8 heteroatoms. The highest BCUT2D eigenvalue weighted by atomic mass is 19.3. The van der Waals surface area contributed by atoms with Gasteiger partial charge in [0.2, 0.25) is 0 Å². The fraction of sp³-hybridized carbons (Fsp3) is 0.500. The van der Waals surface area contributed by atoms with Crippen molar-refractivity contribution in [3.63, 3.8) is 0 Å². The molecule has 0 spiro atoms. The summed E-state index contributed by atoms with van der Waals surface area (Å²) < 4.78 is 53.7. The monoisotopic (exact) mass is 297 g/mol. The molecule has 1 aromatic carbocycles. The van der Waals surface area contributed by atoms with E-state index in [1.54, 1.807) is 0 Å². The van der Waals surface area contributed by atoms with E-state index < -0.39 is 18.3 Å². The molecule has 0 atom stereocenters. The zero-order chi connectivity index (χ0) is 15.2. The highest BCUT2D eigenvalue weighted by molar-refractivity contribution is 5.50. The lowest BCUT2D eigenvalue weighted by Crippen LogP contribution is -2.33. The summed E-state index contributed by atoms with van der Waals surface area (Å²) in [5, 5.41) is 17.8. The third-order valence-corrected chi connectivity index (χ3v) is 2.43. The van der Waals surface area contributed by atoms with Gasteiger partial charge < -0.3 is 19.8 Å². The van der Waals surface area contributed by atoms with E-state index in [-0.39, 0.29) is 26.3 Å². The summed E-state index contributed by atoms with van der Waals surface area (Å²) in [6.45, 7) is -0.0962. The van der Waals surface area contributed by atoms with Gasteiger partial charge in [0.05, 0.1) is 13.2 Å². The molecule has 0 aliphatic carbocycles. The molecule has 0 bridgehead atoms. The molecule has 0 heterocycles. The van der Waals surface area contributed by atoms with E-state index in [1.165, 1.54) is 17.0 Å². The summed E-state index contributed by atoms with van der Waals surface area (Å²) in [7, 11) is 0. The smallest absolute Gasteiger partial charge is 0.428 e. The number of benzene rings is 1. The van der Waals surface area contributed by atoms with Crippen molar-refractivity contribution in [3.8, 4) is 5.75 Å². The zero-order valence-electron chi connectivity index (χ0n) is 10.5. The maximum atomic E-state index is 12.8. The highest BCUT2D eigenvalue weighted by Crippen LogP contribution is 2.29. The van der Waals surface area contributed by atoms with Gasteiger partial charge >= 0.3 is 12.5 Å². The normalized spacial score (nSPS) is 11.8. The van der Waals surface area contributed by atoms with E-state index in [4.69, 9.17) is 10.2 Å². The number of hydrogen-bond acceptors (Lipinski definition) is 4. The molecule has 2 N–H and O–H groups in total. The van der Waals surface area contributed by atoms with Crippen molar-refractivity contribution in [1.82, 2.24) is 0 Å². The van der Waals surface area contributed by atoms with Crippen molar-refractivity contribution in [3.05, 3.63) is 24.3 Å². The number of anilines is 1. The molecular weight excluding hydrogens is 282 g/mol. The molecule has 0 saturated heterocycles. The van der Waals surface area contributed by atoms with Crippen LogP contribution in [-0.4, -0.2) is 49.1 Å². The highest BCUT2D eigenvalue weighted by Gasteiger charge is 2.44. The van der Waals surface area contributed by atoms with Crippen molar-refractivity contribution >= 4 is 5.69 Å². The number of rotatable bonds is 8. The van der Waals surface area contributed by atoms with E-state index in [0.29, 0.717) is 5.69 Å². The second-order valence-electron chi connectivity index (χ2n) is 3.90. The molecule has 4 nitrogen and oxygen atoms in total. The largest absolute Gasteiger partial charge is 0.461 e. The Hall–Kier alpha value is -1.54. The van der Waals surface area contributed by atoms with Gasteiger partial charge in [-0.05, 0) is 12.1 Å². The van der Waals surface area contributed by atoms with Gasteiger partial charge in [-0.1, -0.05) is 6.07 Å². The van der Waals surface area contributed by atoms with E-state index in [0.717, 1.165) is 12.1 Å². The Labute approximate surface area is 113 Å². The van der Waals surface area contributed by atoms with Gasteiger partial charge in [-0.25, -0.2) is 0 Å². The predicted octanol–water partition coefficient (Wildman–Crippen LogP) is 1.71. The van der Waals surface area contributed by atoms with Gasteiger partial charge in [-0.3, -0.25) is 0 Å². The van der Waals surface area contributed by atoms with E-state index in [9.17, 15) is 17.6 Å². The second kappa shape index (κ2) is 7.30. The van der Waals surface area contributed by atoms with E-state index in [2.05, 4.69) is 4.74 Å². The Morgan fingerprint density at radius 2 is 1.75 bits per heavy atom. The van der Waals surface area contributed by atoms with Gasteiger partial charge in [-0.2, -0.15) is 17.6 Å². The molecule has 20 heavy (non-hydrogen) atoms. The van der Waals surface area contributed by atoms with Crippen molar-refractivity contribution in [1.29, 1.82) is 0 Å². The van der Waals surface area contributed by atoms with Crippen LogP contribution in [0.25, 0.3) is 0 Å². The fourth-order valence-electron chi connectivity index (χ4n) is 1.56. The van der Waals surface area contributed by atoms with Crippen molar-refractivity contribution in [2.75, 3.05) is 31.2 Å². The third-order valence-electron chi connectivity index (χ3n) is 2.43. The molecule has 0 aliphatic heterocycles. The number of nitrogens with zero attached hydrogens (tertiary/aromatic N) is 1. The lowest BCUT2D eigenvalue weighted by Gasteiger charge is -2.24. The molecule has 0 unspecified atom stereocenters. The van der Waals surface area contributed by atoms with Crippen LogP contribution in [0.5, 0.6) is 5.75 Å². The van der Waals surface area contributed by atoms with Gasteiger partial charge in [0.1, 0.15) is 5.75 Å². The summed E-state index contributed by atoms with van der Waals surface area (Å²) in [6, 6.07) is 5.14. The minimum atomic E-state index is -4.57. The van der Waals surface area contributed by atoms with Gasteiger partial charge in [0.25, 0.3) is 0 Å². The number of aliphatic hydroxyl groups is 2. The summed E-state index contributed by atoms with van der Waals surface area (Å²) >= 11 is 0. The number of hydrogen-bond donors (Lipinski definition) is 2. The molecule has 0 aromatic heterocycles. The zero-order valence-corrected chi connectivity index (χ0v) is 10.5. The molecule has 1 rings (SSSR count). The molecular formula is C12H15F4NO3. The second-order valence-corrected chi connectivity index (χ2v) is 3.90. The predicted molar refractivity (Wildman–Crippen MR) is 64.4 cm³/mol. The average Bonchev–Trinajstić information content (AvgIpc) is 2.38. The molecule has 0 radical (unpaired) electrons. The maximum Gasteiger partial charge on any atom is 0.461 e. The molecule has 0 amide bonds. The Bertz CT molecular complexity index is 411. The van der Waals surface area contributed by atoms with E-state index >= 15 is 0 Å². The summed E-state index contributed by atoms with van der Waals surface area (Å²) in [4.78, 5) is 1.51. The van der Waals surface area contributed by atoms with Crippen LogP contribution in [0, 0.1) is 0 Å². The van der Waals surface area contributed by atoms with Crippen LogP contribution in [0.15, 0.2) is 24.3 Å². The molecule has 0 fully saturated rings. The first-order chi connectivity index (χ1) is 9.40.